The van der Waals surface area contributed by atoms with Crippen LogP contribution in [0.25, 0.3) is 10.8 Å². The number of H-pyrrole nitrogens is 1. The summed E-state index contributed by atoms with van der Waals surface area (Å²) in [6.45, 7) is 0. The molecule has 32 heavy (non-hydrogen) atoms. The minimum absolute atomic E-state index is 0.168. The summed E-state index contributed by atoms with van der Waals surface area (Å²) >= 11 is 0. The number of carbonyl (C=O) groups is 2. The van der Waals surface area contributed by atoms with Crippen molar-refractivity contribution in [2.45, 2.75) is 5.92 Å². The van der Waals surface area contributed by atoms with Gasteiger partial charge in [0.2, 0.25) is 5.91 Å². The molecule has 0 radical (unpaired) electrons. The largest absolute Gasteiger partial charge is 0.366 e. The second-order valence-electron chi connectivity index (χ2n) is 6.89. The third-order valence-electron chi connectivity index (χ3n) is 4.87. The maximum Gasteiger partial charge on any atom is 0.272 e. The van der Waals surface area contributed by atoms with E-state index in [1.807, 2.05) is 0 Å². The molecule has 4 aromatic rings. The van der Waals surface area contributed by atoms with E-state index >= 15 is 0 Å². The van der Waals surface area contributed by atoms with Crippen molar-refractivity contribution in [1.82, 2.24) is 20.6 Å². The van der Waals surface area contributed by atoms with E-state index in [4.69, 9.17) is 5.73 Å². The van der Waals surface area contributed by atoms with Gasteiger partial charge in [-0.25, -0.2) is 10.5 Å². The molecule has 0 saturated carbocycles. The number of nitrogens with zero attached hydrogens (tertiary/aromatic N) is 3. The number of rotatable bonds is 6. The fourth-order valence-electron chi connectivity index (χ4n) is 3.43. The van der Waals surface area contributed by atoms with E-state index in [1.165, 1.54) is 12.3 Å². The van der Waals surface area contributed by atoms with Crippen LogP contribution < -0.4 is 16.7 Å². The van der Waals surface area contributed by atoms with E-state index in [2.05, 4.69) is 25.7 Å². The molecule has 2 aromatic carbocycles. The Morgan fingerprint density at radius 2 is 1.78 bits per heavy atom. The lowest BCUT2D eigenvalue weighted by Crippen LogP contribution is -2.30. The van der Waals surface area contributed by atoms with E-state index in [9.17, 15) is 14.4 Å². The second-order valence-corrected chi connectivity index (χ2v) is 6.89. The van der Waals surface area contributed by atoms with Gasteiger partial charge in [-0.3, -0.25) is 19.4 Å². The Morgan fingerprint density at radius 3 is 2.53 bits per heavy atom. The third kappa shape index (κ3) is 4.12. The van der Waals surface area contributed by atoms with E-state index in [0.29, 0.717) is 21.9 Å². The molecule has 0 aliphatic rings. The van der Waals surface area contributed by atoms with E-state index in [-0.39, 0.29) is 16.8 Å². The number of fused-ring (bicyclic) bond motifs is 1. The SMILES string of the molecule is NC(=O)c1ccccc1C(C(=O)N/N=C/c1cccnc1)c1n[nH]c(=O)c2ccccc12. The molecule has 2 aromatic heterocycles. The number of carbonyl (C=O) groups excluding carboxylic acids is 2. The monoisotopic (exact) mass is 426 g/mol. The molecular weight excluding hydrogens is 408 g/mol. The highest BCUT2D eigenvalue weighted by Crippen LogP contribution is 2.30. The van der Waals surface area contributed by atoms with Gasteiger partial charge in [0.15, 0.2) is 0 Å². The average Bonchev–Trinajstić information content (AvgIpc) is 2.82. The van der Waals surface area contributed by atoms with Crippen LogP contribution in [-0.4, -0.2) is 33.2 Å². The zero-order chi connectivity index (χ0) is 22.5. The van der Waals surface area contributed by atoms with Gasteiger partial charge in [0.25, 0.3) is 11.5 Å². The summed E-state index contributed by atoms with van der Waals surface area (Å²) in [5.74, 6) is -2.30. The molecule has 2 amide bonds. The van der Waals surface area contributed by atoms with Gasteiger partial charge < -0.3 is 5.73 Å². The van der Waals surface area contributed by atoms with Crippen molar-refractivity contribution in [2.75, 3.05) is 0 Å². The number of aromatic amines is 1. The van der Waals surface area contributed by atoms with Gasteiger partial charge in [-0.1, -0.05) is 42.5 Å². The zero-order valence-corrected chi connectivity index (χ0v) is 16.7. The lowest BCUT2D eigenvalue weighted by Gasteiger charge is -2.18. The predicted octanol–water partition coefficient (Wildman–Crippen LogP) is 1.70. The highest BCUT2D eigenvalue weighted by molar-refractivity contribution is 5.99. The number of hydrazone groups is 1. The van der Waals surface area contributed by atoms with Crippen LogP contribution in [0, 0.1) is 0 Å². The highest BCUT2D eigenvalue weighted by Gasteiger charge is 2.30. The maximum absolute atomic E-state index is 13.3. The Balaban J connectivity index is 1.83. The molecule has 0 aliphatic heterocycles. The van der Waals surface area contributed by atoms with Crippen molar-refractivity contribution in [3.8, 4) is 0 Å². The maximum atomic E-state index is 13.3. The summed E-state index contributed by atoms with van der Waals surface area (Å²) < 4.78 is 0. The molecule has 1 unspecified atom stereocenters. The van der Waals surface area contributed by atoms with Gasteiger partial charge >= 0.3 is 0 Å². The van der Waals surface area contributed by atoms with Gasteiger partial charge in [0.05, 0.1) is 17.3 Å². The normalized spacial score (nSPS) is 12.0. The topological polar surface area (TPSA) is 143 Å². The number of hydrogen-bond acceptors (Lipinski definition) is 6. The lowest BCUT2D eigenvalue weighted by atomic mass is 9.88. The first-order valence-electron chi connectivity index (χ1n) is 9.65. The van der Waals surface area contributed by atoms with Crippen molar-refractivity contribution in [2.24, 2.45) is 10.8 Å². The molecule has 0 fully saturated rings. The van der Waals surface area contributed by atoms with Crippen LogP contribution in [0.2, 0.25) is 0 Å². The number of aromatic nitrogens is 3. The molecule has 0 bridgehead atoms. The van der Waals surface area contributed by atoms with Crippen LogP contribution in [0.4, 0.5) is 0 Å². The Morgan fingerprint density at radius 1 is 1.03 bits per heavy atom. The zero-order valence-electron chi connectivity index (χ0n) is 16.7. The van der Waals surface area contributed by atoms with Crippen LogP contribution >= 0.6 is 0 Å². The first-order chi connectivity index (χ1) is 15.6. The van der Waals surface area contributed by atoms with Crippen LogP contribution in [0.5, 0.6) is 0 Å². The van der Waals surface area contributed by atoms with Crippen molar-refractivity contribution >= 4 is 28.8 Å². The standard InChI is InChI=1S/C23H18N6O3/c24-21(30)17-9-3-1-7-15(17)19(23(32)28-26-13-14-6-5-11-25-12-14)20-16-8-2-4-10-18(16)22(31)29-27-20/h1-13,19H,(H2,24,30)(H,28,32)(H,29,31)/b26-13+. The smallest absolute Gasteiger partial charge is 0.272 e. The van der Waals surface area contributed by atoms with Crippen molar-refractivity contribution < 1.29 is 9.59 Å². The second kappa shape index (κ2) is 9.00. The Kier molecular flexibility index (Phi) is 5.80. The quantitative estimate of drug-likeness (QED) is 0.318. The molecule has 1 atom stereocenters. The van der Waals surface area contributed by atoms with Crippen LogP contribution in [0.3, 0.4) is 0 Å². The average molecular weight is 426 g/mol. The summed E-state index contributed by atoms with van der Waals surface area (Å²) in [5.41, 5.74) is 9.13. The Labute approximate surface area is 182 Å². The molecule has 4 N–H and O–H groups in total. The molecule has 9 heteroatoms. The molecular formula is C23H18N6O3. The summed E-state index contributed by atoms with van der Waals surface area (Å²) in [7, 11) is 0. The summed E-state index contributed by atoms with van der Waals surface area (Å²) in [6.07, 6.45) is 4.66. The molecule has 2 heterocycles. The first-order valence-corrected chi connectivity index (χ1v) is 9.65. The highest BCUT2D eigenvalue weighted by atomic mass is 16.2. The molecule has 158 valence electrons. The van der Waals surface area contributed by atoms with Gasteiger partial charge in [-0.05, 0) is 23.8 Å². The van der Waals surface area contributed by atoms with E-state index < -0.39 is 17.7 Å². The lowest BCUT2D eigenvalue weighted by molar-refractivity contribution is -0.121. The van der Waals surface area contributed by atoms with Gasteiger partial charge in [0.1, 0.15) is 5.92 Å². The number of amides is 2. The van der Waals surface area contributed by atoms with Crippen molar-refractivity contribution in [3.05, 3.63) is 106 Å². The number of benzene rings is 2. The van der Waals surface area contributed by atoms with E-state index in [1.54, 1.807) is 67.0 Å². The molecule has 9 nitrogen and oxygen atoms in total. The number of nitrogens with two attached hydrogens (primary N) is 1. The fraction of sp³-hybridized carbons (Fsp3) is 0.0435. The number of nitrogens with one attached hydrogen (secondary N) is 2. The molecule has 0 aliphatic carbocycles. The van der Waals surface area contributed by atoms with Crippen molar-refractivity contribution in [1.29, 1.82) is 0 Å². The Bertz CT molecular complexity index is 1380. The summed E-state index contributed by atoms with van der Waals surface area (Å²) in [4.78, 5) is 41.6. The number of pyridine rings is 1. The van der Waals surface area contributed by atoms with Gasteiger partial charge in [0, 0.05) is 28.9 Å². The number of primary amides is 1. The summed E-state index contributed by atoms with van der Waals surface area (Å²) in [5, 5.41) is 11.4. The molecule has 0 saturated heterocycles. The minimum Gasteiger partial charge on any atom is -0.366 e. The first kappa shape index (κ1) is 20.6. The molecule has 0 spiro atoms. The fourth-order valence-corrected chi connectivity index (χ4v) is 3.43. The summed E-state index contributed by atoms with van der Waals surface area (Å²) in [6, 6.07) is 16.8. The van der Waals surface area contributed by atoms with Crippen molar-refractivity contribution in [3.63, 3.8) is 0 Å². The van der Waals surface area contributed by atoms with Crippen LogP contribution in [-0.2, 0) is 4.79 Å². The number of hydrogen-bond donors (Lipinski definition) is 3. The Hall–Kier alpha value is -4.66. The predicted molar refractivity (Wildman–Crippen MR) is 119 cm³/mol. The minimum atomic E-state index is -1.06. The van der Waals surface area contributed by atoms with Gasteiger partial charge in [-0.2, -0.15) is 10.2 Å². The van der Waals surface area contributed by atoms with Crippen LogP contribution in [0.1, 0.15) is 33.1 Å². The van der Waals surface area contributed by atoms with Gasteiger partial charge in [-0.15, -0.1) is 0 Å². The molecule has 4 rings (SSSR count). The third-order valence-corrected chi connectivity index (χ3v) is 4.87. The van der Waals surface area contributed by atoms with Crippen LogP contribution in [0.15, 0.2) is 83.0 Å². The van der Waals surface area contributed by atoms with E-state index in [0.717, 1.165) is 0 Å².